The molecular weight excluding hydrogens is 382 g/mol. The van der Waals surface area contributed by atoms with Gasteiger partial charge in [-0.1, -0.05) is 0 Å². The van der Waals surface area contributed by atoms with Gasteiger partial charge < -0.3 is 19.9 Å². The third-order valence-corrected chi connectivity index (χ3v) is 6.56. The van der Waals surface area contributed by atoms with Gasteiger partial charge in [0.25, 0.3) is 0 Å². The van der Waals surface area contributed by atoms with Crippen LogP contribution in [0.3, 0.4) is 0 Å². The smallest absolute Gasteiger partial charge is 0.319 e. The molecule has 1 atom stereocenters. The van der Waals surface area contributed by atoms with E-state index in [0.29, 0.717) is 6.61 Å². The molecule has 0 aliphatic heterocycles. The lowest BCUT2D eigenvalue weighted by Crippen LogP contribution is -2.32. The van der Waals surface area contributed by atoms with Crippen molar-refractivity contribution in [3.8, 4) is 10.8 Å². The summed E-state index contributed by atoms with van der Waals surface area (Å²) in [5, 5.41) is 7.28. The van der Waals surface area contributed by atoms with Crippen LogP contribution in [-0.2, 0) is 12.8 Å². The summed E-state index contributed by atoms with van der Waals surface area (Å²) in [5.74, 6) is 0.799. The Balaban J connectivity index is 1.51. The van der Waals surface area contributed by atoms with Crippen LogP contribution in [0.1, 0.15) is 48.7 Å². The number of nitrogens with one attached hydrogen (secondary N) is 2. The lowest BCUT2D eigenvalue weighted by Gasteiger charge is -2.20. The first-order chi connectivity index (χ1) is 14.2. The topological polar surface area (TPSA) is 55.3 Å². The molecule has 2 amide bonds. The van der Waals surface area contributed by atoms with Gasteiger partial charge in [-0.25, -0.2) is 4.79 Å². The summed E-state index contributed by atoms with van der Waals surface area (Å²) in [4.78, 5) is 14.1. The Morgan fingerprint density at radius 1 is 1.17 bits per heavy atom. The maximum atomic E-state index is 12.6. The van der Waals surface area contributed by atoms with E-state index in [9.17, 15) is 4.79 Å². The van der Waals surface area contributed by atoms with E-state index in [-0.39, 0.29) is 12.1 Å². The fraction of sp³-hybridized carbons (Fsp3) is 0.348. The zero-order chi connectivity index (χ0) is 20.2. The van der Waals surface area contributed by atoms with Gasteiger partial charge in [0.15, 0.2) is 0 Å². The molecule has 6 heteroatoms. The number of amides is 2. The number of fused-ring (bicyclic) bond motifs is 1. The van der Waals surface area contributed by atoms with Crippen molar-refractivity contribution in [2.45, 2.75) is 45.6 Å². The van der Waals surface area contributed by atoms with Crippen LogP contribution in [0.25, 0.3) is 5.00 Å². The van der Waals surface area contributed by atoms with Gasteiger partial charge in [0.2, 0.25) is 0 Å². The van der Waals surface area contributed by atoms with Gasteiger partial charge in [-0.2, -0.15) is 0 Å². The maximum absolute atomic E-state index is 12.6. The molecule has 0 radical (unpaired) electrons. The number of aryl methyl sites for hydroxylation is 1. The Labute approximate surface area is 175 Å². The summed E-state index contributed by atoms with van der Waals surface area (Å²) in [5.41, 5.74) is 3.43. The van der Waals surface area contributed by atoms with E-state index in [1.807, 2.05) is 54.7 Å². The number of urea groups is 1. The first kappa shape index (κ1) is 19.6. The molecule has 152 valence electrons. The van der Waals surface area contributed by atoms with Gasteiger partial charge in [0, 0.05) is 28.5 Å². The highest BCUT2D eigenvalue weighted by Gasteiger charge is 2.25. The Morgan fingerprint density at radius 3 is 2.62 bits per heavy atom. The average molecular weight is 410 g/mol. The second-order valence-electron chi connectivity index (χ2n) is 7.30. The third kappa shape index (κ3) is 4.32. The van der Waals surface area contributed by atoms with Crippen molar-refractivity contribution in [3.63, 3.8) is 0 Å². The highest BCUT2D eigenvalue weighted by atomic mass is 32.1. The molecular formula is C23H27N3O2S. The fourth-order valence-corrected chi connectivity index (χ4v) is 5.37. The molecule has 0 bridgehead atoms. The molecule has 4 rings (SSSR count). The highest BCUT2D eigenvalue weighted by molar-refractivity contribution is 7.15. The minimum atomic E-state index is -0.198. The average Bonchev–Trinajstić information content (AvgIpc) is 3.37. The van der Waals surface area contributed by atoms with Crippen molar-refractivity contribution >= 4 is 23.1 Å². The van der Waals surface area contributed by atoms with E-state index in [2.05, 4.69) is 34.5 Å². The van der Waals surface area contributed by atoms with Crippen molar-refractivity contribution < 1.29 is 9.53 Å². The van der Waals surface area contributed by atoms with Crippen molar-refractivity contribution in [1.82, 2.24) is 9.88 Å². The van der Waals surface area contributed by atoms with E-state index < -0.39 is 0 Å². The number of benzene rings is 1. The van der Waals surface area contributed by atoms with Gasteiger partial charge in [0.1, 0.15) is 10.8 Å². The van der Waals surface area contributed by atoms with Gasteiger partial charge >= 0.3 is 6.03 Å². The van der Waals surface area contributed by atoms with Crippen molar-refractivity contribution in [3.05, 3.63) is 64.8 Å². The highest BCUT2D eigenvalue weighted by Crippen LogP contribution is 2.40. The summed E-state index contributed by atoms with van der Waals surface area (Å²) in [6.07, 6.45) is 8.85. The van der Waals surface area contributed by atoms with Gasteiger partial charge in [0.05, 0.1) is 12.6 Å². The van der Waals surface area contributed by atoms with Crippen LogP contribution >= 0.6 is 11.3 Å². The number of hydrogen-bond acceptors (Lipinski definition) is 3. The second-order valence-corrected chi connectivity index (χ2v) is 8.38. The first-order valence-corrected chi connectivity index (χ1v) is 11.1. The molecule has 29 heavy (non-hydrogen) atoms. The van der Waals surface area contributed by atoms with Crippen LogP contribution in [0.15, 0.2) is 48.8 Å². The number of aromatic nitrogens is 1. The monoisotopic (exact) mass is 409 g/mol. The van der Waals surface area contributed by atoms with Gasteiger partial charge in [-0.3, -0.25) is 0 Å². The Hall–Kier alpha value is -2.73. The third-order valence-electron chi connectivity index (χ3n) is 5.24. The number of hydrogen-bond donors (Lipinski definition) is 2. The quantitative estimate of drug-likeness (QED) is 0.549. The number of rotatable bonds is 6. The van der Waals surface area contributed by atoms with Gasteiger partial charge in [-0.05, 0) is 81.5 Å². The van der Waals surface area contributed by atoms with E-state index >= 15 is 0 Å². The molecule has 2 heterocycles. The summed E-state index contributed by atoms with van der Waals surface area (Å²) in [6, 6.07) is 11.2. The molecule has 0 saturated heterocycles. The Bertz CT molecular complexity index is 961. The SMILES string of the molecule is CCOc1ccc(NC(=O)N[C@@H](C)c2c(-n3cccc3)sc3c2CCCC3)cc1. The maximum Gasteiger partial charge on any atom is 0.319 e. The molecule has 3 aromatic rings. The molecule has 5 nitrogen and oxygen atoms in total. The van der Waals surface area contributed by atoms with Crippen LogP contribution < -0.4 is 15.4 Å². The predicted octanol–water partition coefficient (Wildman–Crippen LogP) is 5.70. The van der Waals surface area contributed by atoms with Crippen LogP contribution in [0.4, 0.5) is 10.5 Å². The zero-order valence-corrected chi connectivity index (χ0v) is 17.7. The number of ether oxygens (including phenoxy) is 1. The number of carbonyl (C=O) groups is 1. The van der Waals surface area contributed by atoms with Crippen molar-refractivity contribution in [1.29, 1.82) is 0 Å². The van der Waals surface area contributed by atoms with Crippen LogP contribution in [0.2, 0.25) is 0 Å². The van der Waals surface area contributed by atoms with E-state index in [1.54, 1.807) is 0 Å². The van der Waals surface area contributed by atoms with Crippen LogP contribution in [0, 0.1) is 0 Å². The zero-order valence-electron chi connectivity index (χ0n) is 16.9. The van der Waals surface area contributed by atoms with Crippen molar-refractivity contribution in [2.24, 2.45) is 0 Å². The van der Waals surface area contributed by atoms with Crippen LogP contribution in [0.5, 0.6) is 5.75 Å². The Kier molecular flexibility index (Phi) is 5.90. The molecule has 0 spiro atoms. The fourth-order valence-electron chi connectivity index (χ4n) is 3.92. The van der Waals surface area contributed by atoms with Crippen LogP contribution in [-0.4, -0.2) is 17.2 Å². The molecule has 1 aliphatic carbocycles. The van der Waals surface area contributed by atoms with Crippen molar-refractivity contribution in [2.75, 3.05) is 11.9 Å². The summed E-state index contributed by atoms with van der Waals surface area (Å²) < 4.78 is 7.62. The lowest BCUT2D eigenvalue weighted by molar-refractivity contribution is 0.249. The predicted molar refractivity (Wildman–Crippen MR) is 118 cm³/mol. The minimum absolute atomic E-state index is 0.0757. The first-order valence-electron chi connectivity index (χ1n) is 10.2. The summed E-state index contributed by atoms with van der Waals surface area (Å²) >= 11 is 1.86. The standard InChI is InChI=1S/C23H27N3O2S/c1-3-28-18-12-10-17(11-13-18)25-23(27)24-16(2)21-19-8-4-5-9-20(19)29-22(21)26-14-6-7-15-26/h6-7,10-16H,3-5,8-9H2,1-2H3,(H2,24,25,27)/t16-/m0/s1. The molecule has 0 saturated carbocycles. The lowest BCUT2D eigenvalue weighted by atomic mass is 9.93. The van der Waals surface area contributed by atoms with E-state index in [4.69, 9.17) is 4.74 Å². The molecule has 2 N–H and O–H groups in total. The van der Waals surface area contributed by atoms with E-state index in [1.165, 1.54) is 33.8 Å². The number of nitrogens with zero attached hydrogens (tertiary/aromatic N) is 1. The summed E-state index contributed by atoms with van der Waals surface area (Å²) in [7, 11) is 0. The normalized spacial score (nSPS) is 14.1. The number of anilines is 1. The second kappa shape index (κ2) is 8.74. The molecule has 1 aliphatic rings. The number of thiophene rings is 1. The molecule has 2 aromatic heterocycles. The minimum Gasteiger partial charge on any atom is -0.494 e. The molecule has 0 unspecified atom stereocenters. The molecule has 1 aromatic carbocycles. The van der Waals surface area contributed by atoms with E-state index in [0.717, 1.165) is 24.3 Å². The Morgan fingerprint density at radius 2 is 1.90 bits per heavy atom. The summed E-state index contributed by atoms with van der Waals surface area (Å²) in [6.45, 7) is 4.65. The molecule has 0 fully saturated rings. The number of carbonyl (C=O) groups excluding carboxylic acids is 1. The van der Waals surface area contributed by atoms with Gasteiger partial charge in [-0.15, -0.1) is 11.3 Å². The largest absolute Gasteiger partial charge is 0.494 e.